The number of carbonyl (C=O) groups is 1. The molecular formula is C20H14ClN3OS. The highest BCUT2D eigenvalue weighted by molar-refractivity contribution is 7.11. The molecule has 1 heterocycles. The zero-order valence-corrected chi connectivity index (χ0v) is 15.5. The van der Waals surface area contributed by atoms with Gasteiger partial charge < -0.3 is 0 Å². The summed E-state index contributed by atoms with van der Waals surface area (Å²) >= 11 is 7.38. The Labute approximate surface area is 159 Å². The largest absolute Gasteiger partial charge is 0.292 e. The van der Waals surface area contributed by atoms with Gasteiger partial charge in [0.1, 0.15) is 0 Å². The van der Waals surface area contributed by atoms with Crippen LogP contribution >= 0.6 is 22.9 Å². The average Bonchev–Trinajstić information content (AvgIpc) is 3.06. The van der Waals surface area contributed by atoms with Crippen LogP contribution in [-0.2, 0) is 0 Å². The first-order valence-electron chi connectivity index (χ1n) is 8.01. The van der Waals surface area contributed by atoms with Crippen LogP contribution in [0.2, 0.25) is 5.02 Å². The fourth-order valence-electron chi connectivity index (χ4n) is 2.68. The molecule has 0 radical (unpaired) electrons. The van der Waals surface area contributed by atoms with Crippen LogP contribution in [0.5, 0.6) is 0 Å². The Morgan fingerprint density at radius 2 is 1.85 bits per heavy atom. The second kappa shape index (κ2) is 6.86. The van der Waals surface area contributed by atoms with E-state index in [1.165, 1.54) is 18.3 Å². The molecule has 0 aliphatic rings. The monoisotopic (exact) mass is 379 g/mol. The van der Waals surface area contributed by atoms with Crippen molar-refractivity contribution in [3.63, 3.8) is 0 Å². The molecule has 1 aromatic heterocycles. The van der Waals surface area contributed by atoms with E-state index < -0.39 is 0 Å². The van der Waals surface area contributed by atoms with Crippen molar-refractivity contribution < 1.29 is 4.79 Å². The van der Waals surface area contributed by atoms with Crippen molar-refractivity contribution in [2.75, 3.05) is 0 Å². The molecule has 26 heavy (non-hydrogen) atoms. The predicted octanol–water partition coefficient (Wildman–Crippen LogP) is 5.18. The maximum atomic E-state index is 11.8. The molecule has 0 bridgehead atoms. The molecular weight excluding hydrogens is 366 g/mol. The number of nitrogens with zero attached hydrogens (tertiary/aromatic N) is 3. The smallest absolute Gasteiger partial charge is 0.213 e. The Morgan fingerprint density at radius 1 is 1.08 bits per heavy atom. The molecule has 0 unspecified atom stereocenters. The molecule has 0 saturated carbocycles. The molecule has 4 rings (SSSR count). The fourth-order valence-corrected chi connectivity index (χ4v) is 3.68. The quantitative estimate of drug-likeness (QED) is 0.461. The molecule has 0 aliphatic carbocycles. The first-order chi connectivity index (χ1) is 12.6. The lowest BCUT2D eigenvalue weighted by Gasteiger charge is -2.03. The van der Waals surface area contributed by atoms with Crippen LogP contribution in [0.15, 0.2) is 71.7 Å². The molecule has 3 aromatic carbocycles. The lowest BCUT2D eigenvalue weighted by atomic mass is 10.1. The Balaban J connectivity index is 1.98. The lowest BCUT2D eigenvalue weighted by molar-refractivity contribution is 0.101. The topological polar surface area (TPSA) is 47.2 Å². The van der Waals surface area contributed by atoms with E-state index >= 15 is 0 Å². The molecule has 4 aromatic rings. The van der Waals surface area contributed by atoms with Gasteiger partial charge in [0.05, 0.1) is 11.4 Å². The van der Waals surface area contributed by atoms with E-state index in [2.05, 4.69) is 5.10 Å². The second-order valence-electron chi connectivity index (χ2n) is 5.75. The Morgan fingerprint density at radius 3 is 2.65 bits per heavy atom. The van der Waals surface area contributed by atoms with Gasteiger partial charge in [-0.3, -0.25) is 4.79 Å². The summed E-state index contributed by atoms with van der Waals surface area (Å²) in [7, 11) is 0. The first kappa shape index (κ1) is 16.7. The highest BCUT2D eigenvalue weighted by Gasteiger charge is 2.11. The maximum Gasteiger partial charge on any atom is 0.213 e. The molecule has 0 atom stereocenters. The molecule has 0 saturated heterocycles. The summed E-state index contributed by atoms with van der Waals surface area (Å²) in [6, 6.07) is 21.4. The highest BCUT2D eigenvalue weighted by atomic mass is 35.5. The summed E-state index contributed by atoms with van der Waals surface area (Å²) in [5.74, 6) is -0.0925. The number of hydrogen-bond acceptors (Lipinski definition) is 4. The fraction of sp³-hybridized carbons (Fsp3) is 0.0500. The third-order valence-electron chi connectivity index (χ3n) is 3.90. The van der Waals surface area contributed by atoms with Crippen molar-refractivity contribution in [1.82, 2.24) is 9.78 Å². The van der Waals surface area contributed by atoms with E-state index in [9.17, 15) is 4.79 Å². The van der Waals surface area contributed by atoms with E-state index in [0.29, 0.717) is 14.8 Å². The van der Waals surface area contributed by atoms with Gasteiger partial charge in [-0.1, -0.05) is 65.4 Å². The number of benzene rings is 3. The van der Waals surface area contributed by atoms with Gasteiger partial charge in [-0.25, -0.2) is 9.67 Å². The normalized spacial score (nSPS) is 11.8. The minimum atomic E-state index is -0.0925. The van der Waals surface area contributed by atoms with E-state index in [-0.39, 0.29) is 5.78 Å². The van der Waals surface area contributed by atoms with E-state index in [1.807, 2.05) is 54.6 Å². The third kappa shape index (κ3) is 3.19. The van der Waals surface area contributed by atoms with Gasteiger partial charge in [0.25, 0.3) is 0 Å². The summed E-state index contributed by atoms with van der Waals surface area (Å²) < 4.78 is 1.66. The summed E-state index contributed by atoms with van der Waals surface area (Å²) in [6.07, 6.45) is 0. The van der Waals surface area contributed by atoms with Gasteiger partial charge in [0.15, 0.2) is 10.8 Å². The van der Waals surface area contributed by atoms with E-state index in [0.717, 1.165) is 22.1 Å². The van der Waals surface area contributed by atoms with Gasteiger partial charge in [-0.05, 0) is 29.7 Å². The summed E-state index contributed by atoms with van der Waals surface area (Å²) in [5.41, 5.74) is 1.60. The number of ketones is 1. The van der Waals surface area contributed by atoms with Crippen molar-refractivity contribution in [3.05, 3.63) is 81.6 Å². The highest BCUT2D eigenvalue weighted by Crippen LogP contribution is 2.25. The summed E-state index contributed by atoms with van der Waals surface area (Å²) in [6.45, 7) is 1.50. The molecule has 0 amide bonds. The van der Waals surface area contributed by atoms with Crippen molar-refractivity contribution >= 4 is 45.2 Å². The molecule has 0 aliphatic heterocycles. The van der Waals surface area contributed by atoms with Gasteiger partial charge in [0.2, 0.25) is 4.80 Å². The minimum Gasteiger partial charge on any atom is -0.292 e. The van der Waals surface area contributed by atoms with Crippen LogP contribution in [0.25, 0.3) is 16.5 Å². The number of hydrogen-bond donors (Lipinski definition) is 0. The van der Waals surface area contributed by atoms with Gasteiger partial charge in [-0.15, -0.1) is 0 Å². The summed E-state index contributed by atoms with van der Waals surface area (Å²) in [5, 5.41) is 7.59. The zero-order chi connectivity index (χ0) is 18.1. The Bertz CT molecular complexity index is 1190. The molecule has 128 valence electrons. The molecule has 0 N–H and O–H groups in total. The zero-order valence-electron chi connectivity index (χ0n) is 13.9. The minimum absolute atomic E-state index is 0.0925. The SMILES string of the molecule is CC(=O)c1nn(-c2cccc(Cl)c2)c(=Nc2cccc3ccccc23)s1. The van der Waals surface area contributed by atoms with E-state index in [1.54, 1.807) is 16.8 Å². The number of halogens is 1. The molecule has 4 nitrogen and oxygen atoms in total. The lowest BCUT2D eigenvalue weighted by Crippen LogP contribution is -2.14. The number of rotatable bonds is 3. The Hall–Kier alpha value is -2.76. The van der Waals surface area contributed by atoms with Gasteiger partial charge in [0, 0.05) is 17.3 Å². The molecule has 6 heteroatoms. The van der Waals surface area contributed by atoms with Crippen LogP contribution in [0.3, 0.4) is 0 Å². The number of aromatic nitrogens is 2. The standard InChI is InChI=1S/C20H14ClN3OS/c1-13(25)19-23-24(16-9-5-8-15(21)12-16)20(26-19)22-18-11-4-7-14-6-2-3-10-17(14)18/h2-12H,1H3. The van der Waals surface area contributed by atoms with Crippen molar-refractivity contribution in [2.45, 2.75) is 6.92 Å². The Kier molecular flexibility index (Phi) is 4.41. The van der Waals surface area contributed by atoms with Crippen molar-refractivity contribution in [1.29, 1.82) is 0 Å². The second-order valence-corrected chi connectivity index (χ2v) is 7.14. The van der Waals surface area contributed by atoms with Crippen LogP contribution < -0.4 is 4.80 Å². The van der Waals surface area contributed by atoms with Crippen LogP contribution in [0.1, 0.15) is 16.7 Å². The van der Waals surface area contributed by atoms with Crippen LogP contribution in [0.4, 0.5) is 5.69 Å². The average molecular weight is 380 g/mol. The summed E-state index contributed by atoms with van der Waals surface area (Å²) in [4.78, 5) is 17.3. The van der Waals surface area contributed by atoms with Crippen LogP contribution in [0, 0.1) is 0 Å². The molecule has 0 fully saturated rings. The van der Waals surface area contributed by atoms with Gasteiger partial charge >= 0.3 is 0 Å². The maximum absolute atomic E-state index is 11.8. The van der Waals surface area contributed by atoms with Crippen molar-refractivity contribution in [2.24, 2.45) is 4.99 Å². The van der Waals surface area contributed by atoms with Crippen LogP contribution in [-0.4, -0.2) is 15.6 Å². The van der Waals surface area contributed by atoms with E-state index in [4.69, 9.17) is 16.6 Å². The van der Waals surface area contributed by atoms with Crippen molar-refractivity contribution in [3.8, 4) is 5.69 Å². The van der Waals surface area contributed by atoms with Gasteiger partial charge in [-0.2, -0.15) is 5.10 Å². The molecule has 0 spiro atoms. The number of Topliss-reactive ketones (excluding diaryl/α,β-unsaturated/α-hetero) is 1. The number of fused-ring (bicyclic) bond motifs is 1. The number of carbonyl (C=O) groups excluding carboxylic acids is 1. The third-order valence-corrected chi connectivity index (χ3v) is 5.14. The first-order valence-corrected chi connectivity index (χ1v) is 9.21. The predicted molar refractivity (Wildman–Crippen MR) is 106 cm³/mol.